The number of hydrogen-bond acceptors (Lipinski definition) is 1. The number of benzene rings is 1. The van der Waals surface area contributed by atoms with Crippen LogP contribution in [0.15, 0.2) is 12.1 Å². The van der Waals surface area contributed by atoms with Gasteiger partial charge in [-0.05, 0) is 35.8 Å². The maximum Gasteiger partial charge on any atom is 0.232 e. The number of amides is 1. The predicted molar refractivity (Wildman–Crippen MR) is 96.4 cm³/mol. The lowest BCUT2D eigenvalue weighted by Gasteiger charge is -2.64. The molecule has 1 amide bonds. The molecule has 2 bridgehead atoms. The van der Waals surface area contributed by atoms with Crippen LogP contribution in [-0.2, 0) is 4.79 Å². The molecule has 0 aromatic heterocycles. The van der Waals surface area contributed by atoms with Crippen molar-refractivity contribution in [2.24, 2.45) is 16.2 Å². The number of fused-ring (bicyclic) bond motifs is 1. The second-order valence-electron chi connectivity index (χ2n) is 7.08. The van der Waals surface area contributed by atoms with E-state index in [4.69, 9.17) is 34.8 Å². The maximum atomic E-state index is 13.0. The van der Waals surface area contributed by atoms with E-state index in [-0.39, 0.29) is 21.6 Å². The van der Waals surface area contributed by atoms with Crippen LogP contribution in [0.25, 0.3) is 0 Å². The molecule has 0 radical (unpaired) electrons. The molecule has 120 valence electrons. The Bertz CT molecular complexity index is 678. The van der Waals surface area contributed by atoms with E-state index in [1.807, 2.05) is 0 Å². The van der Waals surface area contributed by atoms with Crippen LogP contribution in [0.2, 0.25) is 15.1 Å². The normalized spacial score (nSPS) is 35.1. The van der Waals surface area contributed by atoms with E-state index in [1.165, 1.54) is 0 Å². The van der Waals surface area contributed by atoms with Crippen molar-refractivity contribution in [2.75, 3.05) is 5.32 Å². The quantitative estimate of drug-likeness (QED) is 0.445. The lowest BCUT2D eigenvalue weighted by atomic mass is 9.43. The molecule has 3 atom stereocenters. The van der Waals surface area contributed by atoms with Crippen LogP contribution in [0.4, 0.5) is 5.69 Å². The van der Waals surface area contributed by atoms with Gasteiger partial charge < -0.3 is 5.32 Å². The molecule has 1 aromatic rings. The van der Waals surface area contributed by atoms with Crippen molar-refractivity contribution in [2.45, 2.75) is 38.4 Å². The molecule has 2 nitrogen and oxygen atoms in total. The van der Waals surface area contributed by atoms with Gasteiger partial charge in [0.1, 0.15) is 0 Å². The van der Waals surface area contributed by atoms with Gasteiger partial charge in [-0.1, -0.05) is 71.5 Å². The van der Waals surface area contributed by atoms with E-state index in [0.717, 1.165) is 12.8 Å². The van der Waals surface area contributed by atoms with Crippen molar-refractivity contribution < 1.29 is 4.79 Å². The first-order chi connectivity index (χ1) is 10.1. The molecule has 1 N–H and O–H groups in total. The number of carbonyl (C=O) groups is 1. The molecular weight excluding hydrogens is 408 g/mol. The van der Waals surface area contributed by atoms with Gasteiger partial charge in [-0.25, -0.2) is 0 Å². The Labute approximate surface area is 154 Å². The van der Waals surface area contributed by atoms with Gasteiger partial charge in [0.15, 0.2) is 0 Å². The van der Waals surface area contributed by atoms with Crippen LogP contribution < -0.4 is 5.32 Å². The first kappa shape index (κ1) is 16.9. The summed E-state index contributed by atoms with van der Waals surface area (Å²) < 4.78 is 0. The number of nitrogens with one attached hydrogen (secondary N) is 1. The minimum atomic E-state index is -0.419. The van der Waals surface area contributed by atoms with Crippen molar-refractivity contribution in [3.05, 3.63) is 27.2 Å². The Morgan fingerprint density at radius 2 is 1.73 bits per heavy atom. The van der Waals surface area contributed by atoms with Gasteiger partial charge in [-0.15, -0.1) is 0 Å². The van der Waals surface area contributed by atoms with Gasteiger partial charge in [0.25, 0.3) is 0 Å². The minimum Gasteiger partial charge on any atom is -0.324 e. The average molecular weight is 426 g/mol. The zero-order chi connectivity index (χ0) is 16.5. The lowest BCUT2D eigenvalue weighted by molar-refractivity contribution is -0.155. The summed E-state index contributed by atoms with van der Waals surface area (Å²) in [5.74, 6) is -0.00496. The van der Waals surface area contributed by atoms with Crippen molar-refractivity contribution in [3.8, 4) is 0 Å². The highest BCUT2D eigenvalue weighted by molar-refractivity contribution is 9.09. The summed E-state index contributed by atoms with van der Waals surface area (Å²) in [6.07, 6.45) is 1.91. The summed E-state index contributed by atoms with van der Waals surface area (Å²) in [6, 6.07) is 3.15. The van der Waals surface area contributed by atoms with Crippen LogP contribution in [0, 0.1) is 16.2 Å². The number of hydrogen-bond donors (Lipinski definition) is 1. The van der Waals surface area contributed by atoms with Crippen molar-refractivity contribution in [1.29, 1.82) is 0 Å². The molecule has 3 fully saturated rings. The Morgan fingerprint density at radius 1 is 1.14 bits per heavy atom. The summed E-state index contributed by atoms with van der Waals surface area (Å²) in [5, 5.41) is 4.10. The Morgan fingerprint density at radius 3 is 2.23 bits per heavy atom. The topological polar surface area (TPSA) is 29.1 Å². The summed E-state index contributed by atoms with van der Waals surface area (Å²) in [4.78, 5) is 13.2. The Hall–Kier alpha value is 0.0400. The van der Waals surface area contributed by atoms with Gasteiger partial charge >= 0.3 is 0 Å². The van der Waals surface area contributed by atoms with E-state index in [2.05, 4.69) is 42.0 Å². The molecule has 22 heavy (non-hydrogen) atoms. The maximum absolute atomic E-state index is 13.0. The first-order valence-corrected chi connectivity index (χ1v) is 9.23. The smallest absolute Gasteiger partial charge is 0.232 e. The van der Waals surface area contributed by atoms with Gasteiger partial charge in [-0.2, -0.15) is 0 Å². The zero-order valence-corrected chi connectivity index (χ0v) is 16.4. The van der Waals surface area contributed by atoms with Gasteiger partial charge in [0.05, 0.1) is 26.2 Å². The molecule has 3 aliphatic carbocycles. The summed E-state index contributed by atoms with van der Waals surface area (Å²) in [5.41, 5.74) is 0.163. The SMILES string of the molecule is CC12CCC(C(=O)Nc3cc(Cl)c(Cl)cc3Cl)(C1Br)C2(C)C. The largest absolute Gasteiger partial charge is 0.324 e. The van der Waals surface area contributed by atoms with Crippen LogP contribution in [0.1, 0.15) is 33.6 Å². The third kappa shape index (κ3) is 1.83. The third-order valence-electron chi connectivity index (χ3n) is 6.24. The fourth-order valence-corrected chi connectivity index (χ4v) is 6.71. The predicted octanol–water partition coefficient (Wildman–Crippen LogP) is 6.18. The van der Waals surface area contributed by atoms with Gasteiger partial charge in [0.2, 0.25) is 5.91 Å². The number of alkyl halides is 1. The van der Waals surface area contributed by atoms with Crippen molar-refractivity contribution in [1.82, 2.24) is 0 Å². The van der Waals surface area contributed by atoms with Crippen molar-refractivity contribution >= 4 is 62.3 Å². The van der Waals surface area contributed by atoms with Crippen LogP contribution >= 0.6 is 50.7 Å². The van der Waals surface area contributed by atoms with Gasteiger partial charge in [-0.3, -0.25) is 4.79 Å². The number of halogens is 4. The van der Waals surface area contributed by atoms with E-state index in [0.29, 0.717) is 20.8 Å². The Balaban J connectivity index is 1.92. The van der Waals surface area contributed by atoms with Gasteiger partial charge in [0, 0.05) is 4.83 Å². The highest BCUT2D eigenvalue weighted by Crippen LogP contribution is 2.79. The third-order valence-corrected chi connectivity index (χ3v) is 9.06. The highest BCUT2D eigenvalue weighted by Gasteiger charge is 2.80. The molecule has 0 spiro atoms. The molecule has 0 heterocycles. The molecule has 3 unspecified atom stereocenters. The molecule has 1 aromatic carbocycles. The standard InChI is InChI=1S/C16H17BrCl3NO/c1-14(2)15(3)4-5-16(14,12(15)17)13(22)21-11-7-9(19)8(18)6-10(11)20/h6-7,12H,4-5H2,1-3H3,(H,21,22). The molecule has 0 aliphatic heterocycles. The molecule has 6 heteroatoms. The number of carbonyl (C=O) groups excluding carboxylic acids is 1. The van der Waals surface area contributed by atoms with Crippen LogP contribution in [0.5, 0.6) is 0 Å². The van der Waals surface area contributed by atoms with E-state index in [1.54, 1.807) is 12.1 Å². The second-order valence-corrected chi connectivity index (χ2v) is 9.21. The van der Waals surface area contributed by atoms with Crippen molar-refractivity contribution in [3.63, 3.8) is 0 Å². The highest BCUT2D eigenvalue weighted by atomic mass is 79.9. The molecule has 3 aliphatic rings. The number of rotatable bonds is 2. The molecule has 4 rings (SSSR count). The summed E-state index contributed by atoms with van der Waals surface area (Å²) >= 11 is 21.9. The fraction of sp³-hybridized carbons (Fsp3) is 0.562. The monoisotopic (exact) mass is 423 g/mol. The zero-order valence-electron chi connectivity index (χ0n) is 12.6. The molecule has 0 saturated heterocycles. The lowest BCUT2D eigenvalue weighted by Crippen LogP contribution is -2.68. The van der Waals surface area contributed by atoms with E-state index in [9.17, 15) is 4.79 Å². The molecule has 3 saturated carbocycles. The Kier molecular flexibility index (Phi) is 3.85. The second kappa shape index (κ2) is 5.02. The van der Waals surface area contributed by atoms with E-state index >= 15 is 0 Å². The van der Waals surface area contributed by atoms with Crippen LogP contribution in [-0.4, -0.2) is 10.7 Å². The van der Waals surface area contributed by atoms with E-state index < -0.39 is 5.41 Å². The first-order valence-electron chi connectivity index (χ1n) is 7.18. The summed E-state index contributed by atoms with van der Waals surface area (Å²) in [6.45, 7) is 6.60. The minimum absolute atomic E-state index is 0.00496. The average Bonchev–Trinajstić information content (AvgIpc) is 2.84. The number of anilines is 1. The summed E-state index contributed by atoms with van der Waals surface area (Å²) in [7, 11) is 0. The fourth-order valence-electron chi connectivity index (χ4n) is 4.31. The molecular formula is C16H17BrCl3NO. The van der Waals surface area contributed by atoms with Crippen LogP contribution in [0.3, 0.4) is 0 Å².